The van der Waals surface area contributed by atoms with Crippen molar-refractivity contribution in [3.05, 3.63) is 0 Å². The van der Waals surface area contributed by atoms with Gasteiger partial charge in [0.1, 0.15) is 0 Å². The van der Waals surface area contributed by atoms with Gasteiger partial charge in [-0.15, -0.1) is 0 Å². The molecule has 0 saturated heterocycles. The van der Waals surface area contributed by atoms with Crippen LogP contribution in [0.4, 0.5) is 0 Å². The first-order valence-electron chi connectivity index (χ1n) is 4.57. The van der Waals surface area contributed by atoms with Crippen molar-refractivity contribution < 1.29 is 9.90 Å². The highest BCUT2D eigenvalue weighted by molar-refractivity contribution is 5.77. The Hall–Kier alpha value is -0.570. The van der Waals surface area contributed by atoms with Gasteiger partial charge in [-0.1, -0.05) is 13.8 Å². The summed E-state index contributed by atoms with van der Waals surface area (Å²) in [7, 11) is 0. The van der Waals surface area contributed by atoms with Gasteiger partial charge in [0.2, 0.25) is 5.91 Å². The van der Waals surface area contributed by atoms with E-state index < -0.39 is 0 Å². The van der Waals surface area contributed by atoms with Crippen LogP contribution in [-0.4, -0.2) is 23.7 Å². The van der Waals surface area contributed by atoms with Crippen molar-refractivity contribution in [1.82, 2.24) is 5.32 Å². The quantitative estimate of drug-likeness (QED) is 0.648. The Morgan fingerprint density at radius 2 is 2.17 bits per heavy atom. The maximum Gasteiger partial charge on any atom is 0.222 e. The van der Waals surface area contributed by atoms with Crippen molar-refractivity contribution in [2.24, 2.45) is 11.8 Å². The topological polar surface area (TPSA) is 49.3 Å². The molecule has 0 aromatic heterocycles. The molecule has 0 aliphatic heterocycles. The predicted octanol–water partition coefficient (Wildman–Crippen LogP) is 0.529. The molecule has 0 heterocycles. The Morgan fingerprint density at radius 3 is 2.58 bits per heavy atom. The van der Waals surface area contributed by atoms with Crippen LogP contribution in [-0.2, 0) is 4.79 Å². The summed E-state index contributed by atoms with van der Waals surface area (Å²) in [5, 5.41) is 12.1. The third-order valence-corrected chi connectivity index (χ3v) is 2.18. The molecular weight excluding hydrogens is 154 g/mol. The van der Waals surface area contributed by atoms with Gasteiger partial charge >= 0.3 is 0 Å². The fraction of sp³-hybridized carbons (Fsp3) is 0.889. The molecular formula is C9H17NO2. The number of aliphatic hydroxyl groups is 1. The molecule has 0 spiro atoms. The predicted molar refractivity (Wildman–Crippen MR) is 46.6 cm³/mol. The molecule has 1 unspecified atom stereocenters. The van der Waals surface area contributed by atoms with Gasteiger partial charge in [-0.25, -0.2) is 0 Å². The third kappa shape index (κ3) is 2.81. The van der Waals surface area contributed by atoms with E-state index in [-0.39, 0.29) is 17.9 Å². The molecule has 1 saturated carbocycles. The van der Waals surface area contributed by atoms with Gasteiger partial charge in [0.05, 0.1) is 6.10 Å². The van der Waals surface area contributed by atoms with Gasteiger partial charge in [0.25, 0.3) is 0 Å². The smallest absolute Gasteiger partial charge is 0.222 e. The lowest BCUT2D eigenvalue weighted by atomic mass is 10.2. The molecule has 0 bridgehead atoms. The Morgan fingerprint density at radius 1 is 1.58 bits per heavy atom. The maximum atomic E-state index is 11.1. The summed E-state index contributed by atoms with van der Waals surface area (Å²) >= 11 is 0. The number of hydrogen-bond acceptors (Lipinski definition) is 2. The molecule has 3 nitrogen and oxygen atoms in total. The highest BCUT2D eigenvalue weighted by Gasteiger charge is 2.29. The fourth-order valence-electron chi connectivity index (χ4n) is 1.06. The lowest BCUT2D eigenvalue weighted by molar-refractivity contribution is -0.124. The van der Waals surface area contributed by atoms with Crippen molar-refractivity contribution >= 4 is 5.91 Å². The number of rotatable bonds is 4. The standard InChI is InChI=1S/C9H17NO2/c1-6(2)9(12)10-5-8(11)7-3-4-7/h6-8,11H,3-5H2,1-2H3,(H,10,12). The summed E-state index contributed by atoms with van der Waals surface area (Å²) in [6, 6.07) is 0. The molecule has 0 aromatic carbocycles. The van der Waals surface area contributed by atoms with Gasteiger partial charge in [0, 0.05) is 12.5 Å². The van der Waals surface area contributed by atoms with Crippen molar-refractivity contribution in [2.75, 3.05) is 6.54 Å². The number of carbonyl (C=O) groups is 1. The first-order valence-corrected chi connectivity index (χ1v) is 4.57. The second-order valence-corrected chi connectivity index (χ2v) is 3.80. The van der Waals surface area contributed by atoms with E-state index in [4.69, 9.17) is 0 Å². The zero-order valence-electron chi connectivity index (χ0n) is 7.71. The van der Waals surface area contributed by atoms with E-state index >= 15 is 0 Å². The fourth-order valence-corrected chi connectivity index (χ4v) is 1.06. The lowest BCUT2D eigenvalue weighted by Crippen LogP contribution is -2.35. The number of carbonyl (C=O) groups excluding carboxylic acids is 1. The van der Waals surface area contributed by atoms with E-state index in [1.54, 1.807) is 0 Å². The molecule has 1 amide bonds. The normalized spacial score (nSPS) is 19.3. The van der Waals surface area contributed by atoms with E-state index in [1.165, 1.54) is 0 Å². The zero-order chi connectivity index (χ0) is 9.14. The molecule has 1 aliphatic rings. The highest BCUT2D eigenvalue weighted by atomic mass is 16.3. The van der Waals surface area contributed by atoms with E-state index in [0.717, 1.165) is 12.8 Å². The minimum Gasteiger partial charge on any atom is -0.391 e. The van der Waals surface area contributed by atoms with Crippen LogP contribution in [0.1, 0.15) is 26.7 Å². The molecule has 1 aliphatic carbocycles. The average Bonchev–Trinajstić information content (AvgIpc) is 2.81. The summed E-state index contributed by atoms with van der Waals surface area (Å²) in [6.07, 6.45) is 1.89. The van der Waals surface area contributed by atoms with Crippen LogP contribution >= 0.6 is 0 Å². The molecule has 1 fully saturated rings. The monoisotopic (exact) mass is 171 g/mol. The second-order valence-electron chi connectivity index (χ2n) is 3.80. The summed E-state index contributed by atoms with van der Waals surface area (Å²) < 4.78 is 0. The van der Waals surface area contributed by atoms with Crippen LogP contribution in [0.2, 0.25) is 0 Å². The van der Waals surface area contributed by atoms with Gasteiger partial charge in [-0.3, -0.25) is 4.79 Å². The van der Waals surface area contributed by atoms with Crippen molar-refractivity contribution in [1.29, 1.82) is 0 Å². The van der Waals surface area contributed by atoms with Crippen LogP contribution in [0.25, 0.3) is 0 Å². The highest BCUT2D eigenvalue weighted by Crippen LogP contribution is 2.32. The van der Waals surface area contributed by atoms with Crippen LogP contribution in [0.5, 0.6) is 0 Å². The summed E-state index contributed by atoms with van der Waals surface area (Å²) in [4.78, 5) is 11.1. The van der Waals surface area contributed by atoms with E-state index in [0.29, 0.717) is 12.5 Å². The minimum absolute atomic E-state index is 0.0106. The summed E-state index contributed by atoms with van der Waals surface area (Å²) in [5.74, 6) is 0.476. The number of aliphatic hydroxyl groups excluding tert-OH is 1. The first-order chi connectivity index (χ1) is 5.61. The maximum absolute atomic E-state index is 11.1. The SMILES string of the molecule is CC(C)C(=O)NCC(O)C1CC1. The molecule has 1 rings (SSSR count). The molecule has 1 atom stereocenters. The molecule has 0 aromatic rings. The largest absolute Gasteiger partial charge is 0.391 e. The van der Waals surface area contributed by atoms with Crippen LogP contribution in [0, 0.1) is 11.8 Å². The minimum atomic E-state index is -0.326. The van der Waals surface area contributed by atoms with Crippen molar-refractivity contribution in [3.63, 3.8) is 0 Å². The van der Waals surface area contributed by atoms with Crippen LogP contribution in [0.15, 0.2) is 0 Å². The molecule has 3 heteroatoms. The second kappa shape index (κ2) is 3.90. The van der Waals surface area contributed by atoms with E-state index in [2.05, 4.69) is 5.32 Å². The molecule has 70 valence electrons. The third-order valence-electron chi connectivity index (χ3n) is 2.18. The van der Waals surface area contributed by atoms with Gasteiger partial charge in [-0.05, 0) is 18.8 Å². The van der Waals surface area contributed by atoms with Crippen molar-refractivity contribution in [3.8, 4) is 0 Å². The van der Waals surface area contributed by atoms with Gasteiger partial charge in [-0.2, -0.15) is 0 Å². The van der Waals surface area contributed by atoms with Crippen LogP contribution in [0.3, 0.4) is 0 Å². The van der Waals surface area contributed by atoms with Gasteiger partial charge in [0.15, 0.2) is 0 Å². The number of amides is 1. The van der Waals surface area contributed by atoms with Crippen molar-refractivity contribution in [2.45, 2.75) is 32.8 Å². The van der Waals surface area contributed by atoms with Gasteiger partial charge < -0.3 is 10.4 Å². The summed E-state index contributed by atoms with van der Waals surface area (Å²) in [5.41, 5.74) is 0. The molecule has 0 radical (unpaired) electrons. The Balaban J connectivity index is 2.11. The molecule has 2 N–H and O–H groups in total. The average molecular weight is 171 g/mol. The Labute approximate surface area is 73.2 Å². The zero-order valence-corrected chi connectivity index (χ0v) is 7.71. The Kier molecular flexibility index (Phi) is 3.09. The number of hydrogen-bond donors (Lipinski definition) is 2. The number of nitrogens with one attached hydrogen (secondary N) is 1. The first kappa shape index (κ1) is 9.52. The van der Waals surface area contributed by atoms with E-state index in [9.17, 15) is 9.90 Å². The van der Waals surface area contributed by atoms with E-state index in [1.807, 2.05) is 13.8 Å². The summed E-state index contributed by atoms with van der Waals surface area (Å²) in [6.45, 7) is 4.11. The van der Waals surface area contributed by atoms with Crippen LogP contribution < -0.4 is 5.32 Å². The Bertz CT molecular complexity index is 164. The lowest BCUT2D eigenvalue weighted by Gasteiger charge is -2.11. The molecule has 12 heavy (non-hydrogen) atoms.